The molecule has 0 amide bonds. The Bertz CT molecular complexity index is 435. The molecule has 0 saturated heterocycles. The Kier molecular flexibility index (Phi) is 5.93. The monoisotopic (exact) mass is 267 g/mol. The molecule has 0 aliphatic rings. The van der Waals surface area contributed by atoms with E-state index in [1.54, 1.807) is 20.4 Å². The molecule has 18 heavy (non-hydrogen) atoms. The van der Waals surface area contributed by atoms with E-state index < -0.39 is 0 Å². The van der Waals surface area contributed by atoms with Gasteiger partial charge in [0.1, 0.15) is 0 Å². The van der Waals surface area contributed by atoms with Gasteiger partial charge in [0.25, 0.3) is 0 Å². The second kappa shape index (κ2) is 7.50. The average Bonchev–Trinajstić information content (AvgIpc) is 2.39. The molecule has 1 aromatic carbocycles. The normalized spacial score (nSPS) is 10.2. The Labute approximate surface area is 112 Å². The summed E-state index contributed by atoms with van der Waals surface area (Å²) in [4.78, 5) is 0. The first-order valence-electron chi connectivity index (χ1n) is 5.52. The zero-order valence-corrected chi connectivity index (χ0v) is 11.5. The highest BCUT2D eigenvalue weighted by atomic mass is 32.1. The van der Waals surface area contributed by atoms with Crippen LogP contribution in [0, 0.1) is 0 Å². The summed E-state index contributed by atoms with van der Waals surface area (Å²) >= 11 is 4.90. The molecule has 0 atom stereocenters. The van der Waals surface area contributed by atoms with Crippen LogP contribution in [-0.4, -0.2) is 32.1 Å². The molecule has 0 spiro atoms. The molecule has 0 aliphatic heterocycles. The van der Waals surface area contributed by atoms with E-state index >= 15 is 0 Å². The topological polar surface area (TPSA) is 54.9 Å². The molecule has 0 unspecified atom stereocenters. The van der Waals surface area contributed by atoms with Crippen LogP contribution in [0.25, 0.3) is 0 Å². The van der Waals surface area contributed by atoms with Crippen LogP contribution < -0.4 is 20.2 Å². The van der Waals surface area contributed by atoms with Gasteiger partial charge in [0.15, 0.2) is 16.6 Å². The predicted octanol–water partition coefficient (Wildman–Crippen LogP) is 1.52. The van der Waals surface area contributed by atoms with Gasteiger partial charge in [-0.2, -0.15) is 5.10 Å². The van der Waals surface area contributed by atoms with Gasteiger partial charge in [0.05, 0.1) is 19.9 Å². The molecule has 2 N–H and O–H groups in total. The lowest BCUT2D eigenvalue weighted by atomic mass is 10.2. The van der Waals surface area contributed by atoms with E-state index in [0.29, 0.717) is 23.2 Å². The summed E-state index contributed by atoms with van der Waals surface area (Å²) in [5.41, 5.74) is 3.57. The SMILES string of the molecule is CCOc1cc(C=NNC(=S)NC)ccc1OC. The zero-order chi connectivity index (χ0) is 13.4. The molecule has 1 rings (SSSR count). The van der Waals surface area contributed by atoms with E-state index in [1.807, 2.05) is 25.1 Å². The van der Waals surface area contributed by atoms with Crippen LogP contribution in [0.15, 0.2) is 23.3 Å². The largest absolute Gasteiger partial charge is 0.493 e. The van der Waals surface area contributed by atoms with Gasteiger partial charge in [-0.1, -0.05) is 0 Å². The summed E-state index contributed by atoms with van der Waals surface area (Å²) in [6, 6.07) is 5.58. The third-order valence-electron chi connectivity index (χ3n) is 2.09. The Morgan fingerprint density at radius 3 is 2.83 bits per heavy atom. The molecule has 0 aromatic heterocycles. The van der Waals surface area contributed by atoms with Gasteiger partial charge in [0, 0.05) is 7.05 Å². The van der Waals surface area contributed by atoms with Crippen molar-refractivity contribution in [3.8, 4) is 11.5 Å². The van der Waals surface area contributed by atoms with Crippen molar-refractivity contribution in [3.63, 3.8) is 0 Å². The average molecular weight is 267 g/mol. The van der Waals surface area contributed by atoms with Crippen molar-refractivity contribution < 1.29 is 9.47 Å². The molecule has 0 fully saturated rings. The van der Waals surface area contributed by atoms with Crippen LogP contribution in [0.1, 0.15) is 12.5 Å². The second-order valence-corrected chi connectivity index (χ2v) is 3.70. The summed E-state index contributed by atoms with van der Waals surface area (Å²) in [6.45, 7) is 2.51. The van der Waals surface area contributed by atoms with Crippen molar-refractivity contribution in [2.24, 2.45) is 5.10 Å². The highest BCUT2D eigenvalue weighted by Gasteiger charge is 2.03. The lowest BCUT2D eigenvalue weighted by Gasteiger charge is -2.09. The summed E-state index contributed by atoms with van der Waals surface area (Å²) in [7, 11) is 3.34. The van der Waals surface area contributed by atoms with E-state index in [4.69, 9.17) is 21.7 Å². The Morgan fingerprint density at radius 2 is 2.22 bits per heavy atom. The number of methoxy groups -OCH3 is 1. The number of nitrogens with zero attached hydrogens (tertiary/aromatic N) is 1. The van der Waals surface area contributed by atoms with E-state index in [9.17, 15) is 0 Å². The number of rotatable bonds is 5. The Balaban J connectivity index is 2.77. The molecule has 0 bridgehead atoms. The van der Waals surface area contributed by atoms with Gasteiger partial charge in [-0.05, 0) is 42.9 Å². The van der Waals surface area contributed by atoms with Crippen molar-refractivity contribution in [1.82, 2.24) is 10.7 Å². The molecular formula is C12H17N3O2S. The maximum atomic E-state index is 5.47. The van der Waals surface area contributed by atoms with E-state index in [2.05, 4.69) is 15.8 Å². The lowest BCUT2D eigenvalue weighted by molar-refractivity contribution is 0.311. The van der Waals surface area contributed by atoms with Crippen molar-refractivity contribution >= 4 is 23.5 Å². The first-order valence-corrected chi connectivity index (χ1v) is 5.93. The fourth-order valence-electron chi connectivity index (χ4n) is 1.26. The number of thiocarbonyl (C=S) groups is 1. The molecular weight excluding hydrogens is 250 g/mol. The van der Waals surface area contributed by atoms with Crippen molar-refractivity contribution in [3.05, 3.63) is 23.8 Å². The molecule has 98 valence electrons. The second-order valence-electron chi connectivity index (χ2n) is 3.29. The predicted molar refractivity (Wildman–Crippen MR) is 76.6 cm³/mol. The minimum absolute atomic E-state index is 0.463. The molecule has 6 heteroatoms. The lowest BCUT2D eigenvalue weighted by Crippen LogP contribution is -2.28. The van der Waals surface area contributed by atoms with Crippen LogP contribution in [0.2, 0.25) is 0 Å². The highest BCUT2D eigenvalue weighted by molar-refractivity contribution is 7.80. The maximum absolute atomic E-state index is 5.47. The van der Waals surface area contributed by atoms with Gasteiger partial charge in [-0.25, -0.2) is 0 Å². The minimum atomic E-state index is 0.463. The summed E-state index contributed by atoms with van der Waals surface area (Å²) in [5.74, 6) is 1.40. The van der Waals surface area contributed by atoms with E-state index in [1.165, 1.54) is 0 Å². The standard InChI is InChI=1S/C12H17N3O2S/c1-4-17-11-7-9(5-6-10(11)16-3)8-14-15-12(18)13-2/h5-8H,4H2,1-3H3,(H2,13,15,18). The van der Waals surface area contributed by atoms with Crippen LogP contribution in [0.3, 0.4) is 0 Å². The fourth-order valence-corrected chi connectivity index (χ4v) is 1.32. The Morgan fingerprint density at radius 1 is 1.44 bits per heavy atom. The van der Waals surface area contributed by atoms with Crippen LogP contribution in [0.5, 0.6) is 11.5 Å². The summed E-state index contributed by atoms with van der Waals surface area (Å²) in [6.07, 6.45) is 1.66. The van der Waals surface area contributed by atoms with Crippen LogP contribution in [0.4, 0.5) is 0 Å². The summed E-state index contributed by atoms with van der Waals surface area (Å²) in [5, 5.41) is 7.22. The molecule has 5 nitrogen and oxygen atoms in total. The number of nitrogens with one attached hydrogen (secondary N) is 2. The van der Waals surface area contributed by atoms with Crippen LogP contribution in [-0.2, 0) is 0 Å². The highest BCUT2D eigenvalue weighted by Crippen LogP contribution is 2.27. The first-order chi connectivity index (χ1) is 8.71. The molecule has 0 radical (unpaired) electrons. The van der Waals surface area contributed by atoms with Gasteiger partial charge < -0.3 is 14.8 Å². The minimum Gasteiger partial charge on any atom is -0.493 e. The van der Waals surface area contributed by atoms with Gasteiger partial charge in [0.2, 0.25) is 0 Å². The van der Waals surface area contributed by atoms with E-state index in [-0.39, 0.29) is 0 Å². The number of benzene rings is 1. The molecule has 0 saturated carbocycles. The number of hydrogen-bond acceptors (Lipinski definition) is 4. The smallest absolute Gasteiger partial charge is 0.186 e. The maximum Gasteiger partial charge on any atom is 0.186 e. The van der Waals surface area contributed by atoms with Crippen LogP contribution >= 0.6 is 12.2 Å². The number of hydrogen-bond donors (Lipinski definition) is 2. The van der Waals surface area contributed by atoms with Crippen molar-refractivity contribution in [2.75, 3.05) is 20.8 Å². The molecule has 0 aliphatic carbocycles. The van der Waals surface area contributed by atoms with Gasteiger partial charge in [-0.15, -0.1) is 0 Å². The number of ether oxygens (including phenoxy) is 2. The summed E-state index contributed by atoms with van der Waals surface area (Å²) < 4.78 is 10.7. The molecule has 0 heterocycles. The zero-order valence-electron chi connectivity index (χ0n) is 10.7. The fraction of sp³-hybridized carbons (Fsp3) is 0.333. The number of hydrazone groups is 1. The van der Waals surface area contributed by atoms with E-state index in [0.717, 1.165) is 5.56 Å². The molecule has 1 aromatic rings. The van der Waals surface area contributed by atoms with Crippen molar-refractivity contribution in [2.45, 2.75) is 6.92 Å². The van der Waals surface area contributed by atoms with Gasteiger partial charge >= 0.3 is 0 Å². The first kappa shape index (κ1) is 14.2. The van der Waals surface area contributed by atoms with Crippen molar-refractivity contribution in [1.29, 1.82) is 0 Å². The quantitative estimate of drug-likeness (QED) is 0.481. The third-order valence-corrected chi connectivity index (χ3v) is 2.39. The Hall–Kier alpha value is -1.82. The van der Waals surface area contributed by atoms with Gasteiger partial charge in [-0.3, -0.25) is 5.43 Å². The third kappa shape index (κ3) is 4.21.